The average Bonchev–Trinajstić information content (AvgIpc) is 3.20. The van der Waals surface area contributed by atoms with Crippen LogP contribution >= 0.6 is 0 Å². The van der Waals surface area contributed by atoms with Gasteiger partial charge in [0.05, 0.1) is 24.1 Å². The molecule has 0 saturated carbocycles. The molecular formula is C27H23N3O2. The van der Waals surface area contributed by atoms with E-state index < -0.39 is 0 Å². The van der Waals surface area contributed by atoms with Crippen molar-refractivity contribution in [1.82, 2.24) is 14.9 Å². The Morgan fingerprint density at radius 2 is 1.59 bits per heavy atom. The van der Waals surface area contributed by atoms with Gasteiger partial charge in [0.25, 0.3) is 5.91 Å². The van der Waals surface area contributed by atoms with E-state index in [9.17, 15) is 4.79 Å². The Bertz CT molecular complexity index is 1370. The molecule has 5 heteroatoms. The lowest BCUT2D eigenvalue weighted by Gasteiger charge is -2.13. The number of nitrogens with zero attached hydrogens (tertiary/aromatic N) is 2. The Morgan fingerprint density at radius 1 is 0.844 bits per heavy atom. The Kier molecular flexibility index (Phi) is 5.54. The van der Waals surface area contributed by atoms with Gasteiger partial charge in [0.2, 0.25) is 0 Å². The van der Waals surface area contributed by atoms with Crippen molar-refractivity contribution in [2.75, 3.05) is 6.61 Å². The number of carbonyl (C=O) groups excluding carboxylic acids is 1. The summed E-state index contributed by atoms with van der Waals surface area (Å²) in [4.78, 5) is 17.2. The molecule has 5 aromatic rings. The van der Waals surface area contributed by atoms with E-state index >= 15 is 0 Å². The predicted octanol–water partition coefficient (Wildman–Crippen LogP) is 5.20. The van der Waals surface area contributed by atoms with Gasteiger partial charge in [-0.25, -0.2) is 4.98 Å². The van der Waals surface area contributed by atoms with Crippen molar-refractivity contribution >= 4 is 27.7 Å². The summed E-state index contributed by atoms with van der Waals surface area (Å²) in [6.45, 7) is 1.46. The van der Waals surface area contributed by atoms with Crippen LogP contribution in [0.3, 0.4) is 0 Å². The molecule has 1 heterocycles. The lowest BCUT2D eigenvalue weighted by molar-refractivity contribution is 0.0949. The van der Waals surface area contributed by atoms with Gasteiger partial charge < -0.3 is 14.6 Å². The number of hydrogen-bond acceptors (Lipinski definition) is 3. The number of nitrogens with one attached hydrogen (secondary N) is 1. The molecule has 5 nitrogen and oxygen atoms in total. The molecule has 4 aromatic carbocycles. The molecule has 0 spiro atoms. The number of imidazole rings is 1. The van der Waals surface area contributed by atoms with E-state index in [-0.39, 0.29) is 5.91 Å². The Morgan fingerprint density at radius 3 is 2.50 bits per heavy atom. The fourth-order valence-electron chi connectivity index (χ4n) is 3.93. The SMILES string of the molecule is O=C(NCc1nc2ccccc2n1CCOc1cccc2ccccc12)c1ccccc1. The van der Waals surface area contributed by atoms with E-state index in [4.69, 9.17) is 9.72 Å². The van der Waals surface area contributed by atoms with Gasteiger partial charge in [-0.3, -0.25) is 4.79 Å². The third-order valence-corrected chi connectivity index (χ3v) is 5.50. The Balaban J connectivity index is 1.34. The maximum atomic E-state index is 12.5. The predicted molar refractivity (Wildman–Crippen MR) is 127 cm³/mol. The monoisotopic (exact) mass is 421 g/mol. The van der Waals surface area contributed by atoms with Gasteiger partial charge in [-0.2, -0.15) is 0 Å². The van der Waals surface area contributed by atoms with Crippen LogP contribution in [0.1, 0.15) is 16.2 Å². The number of fused-ring (bicyclic) bond motifs is 2. The molecule has 0 bridgehead atoms. The van der Waals surface area contributed by atoms with E-state index in [2.05, 4.69) is 28.1 Å². The molecule has 5 rings (SSSR count). The van der Waals surface area contributed by atoms with Crippen molar-refractivity contribution in [3.05, 3.63) is 108 Å². The van der Waals surface area contributed by atoms with Crippen LogP contribution in [0.25, 0.3) is 21.8 Å². The number of amides is 1. The highest BCUT2D eigenvalue weighted by Crippen LogP contribution is 2.25. The third-order valence-electron chi connectivity index (χ3n) is 5.50. The van der Waals surface area contributed by atoms with Gasteiger partial charge in [-0.05, 0) is 35.7 Å². The summed E-state index contributed by atoms with van der Waals surface area (Å²) in [5, 5.41) is 5.24. The maximum absolute atomic E-state index is 12.5. The molecule has 0 saturated heterocycles. The number of aromatic nitrogens is 2. The first kappa shape index (κ1) is 19.8. The first-order valence-corrected chi connectivity index (χ1v) is 10.7. The standard InChI is InChI=1S/C27H23N3O2/c31-27(21-10-2-1-3-11-21)28-19-26-29-23-14-6-7-15-24(23)30(26)17-18-32-25-16-8-12-20-9-4-5-13-22(20)25/h1-16H,17-19H2,(H,28,31). The van der Waals surface area contributed by atoms with Crippen LogP contribution in [0.4, 0.5) is 0 Å². The summed E-state index contributed by atoms with van der Waals surface area (Å²) >= 11 is 0. The summed E-state index contributed by atoms with van der Waals surface area (Å²) < 4.78 is 8.27. The smallest absolute Gasteiger partial charge is 0.251 e. The molecular weight excluding hydrogens is 398 g/mol. The lowest BCUT2D eigenvalue weighted by Crippen LogP contribution is -2.25. The van der Waals surface area contributed by atoms with Crippen molar-refractivity contribution < 1.29 is 9.53 Å². The second-order valence-corrected chi connectivity index (χ2v) is 7.54. The van der Waals surface area contributed by atoms with Crippen LogP contribution < -0.4 is 10.1 Å². The zero-order valence-electron chi connectivity index (χ0n) is 17.6. The highest BCUT2D eigenvalue weighted by Gasteiger charge is 2.13. The first-order chi connectivity index (χ1) is 15.8. The molecule has 0 aliphatic rings. The van der Waals surface area contributed by atoms with Crippen molar-refractivity contribution in [2.45, 2.75) is 13.1 Å². The van der Waals surface area contributed by atoms with Crippen LogP contribution in [0, 0.1) is 0 Å². The number of para-hydroxylation sites is 2. The molecule has 1 aromatic heterocycles. The van der Waals surface area contributed by atoms with E-state index in [1.54, 1.807) is 12.1 Å². The summed E-state index contributed by atoms with van der Waals surface area (Å²) in [7, 11) is 0. The van der Waals surface area contributed by atoms with Crippen molar-refractivity contribution in [2.24, 2.45) is 0 Å². The average molecular weight is 422 g/mol. The molecule has 158 valence electrons. The van der Waals surface area contributed by atoms with Crippen molar-refractivity contribution in [1.29, 1.82) is 0 Å². The second kappa shape index (κ2) is 8.94. The van der Waals surface area contributed by atoms with Gasteiger partial charge in [-0.1, -0.05) is 66.7 Å². The number of benzene rings is 4. The molecule has 0 aliphatic heterocycles. The number of ether oxygens (including phenoxy) is 1. The Hall–Kier alpha value is -4.12. The van der Waals surface area contributed by atoms with Crippen LogP contribution in [0.5, 0.6) is 5.75 Å². The number of rotatable bonds is 7. The fraction of sp³-hybridized carbons (Fsp3) is 0.111. The zero-order chi connectivity index (χ0) is 21.8. The minimum atomic E-state index is -0.115. The van der Waals surface area contributed by atoms with E-state index in [1.807, 2.05) is 66.7 Å². The van der Waals surface area contributed by atoms with Gasteiger partial charge in [0, 0.05) is 10.9 Å². The van der Waals surface area contributed by atoms with E-state index in [1.165, 1.54) is 0 Å². The molecule has 1 amide bonds. The molecule has 32 heavy (non-hydrogen) atoms. The lowest BCUT2D eigenvalue weighted by atomic mass is 10.1. The van der Waals surface area contributed by atoms with Crippen molar-refractivity contribution in [3.8, 4) is 5.75 Å². The Labute approximate surface area is 186 Å². The van der Waals surface area contributed by atoms with Gasteiger partial charge in [0.1, 0.15) is 18.2 Å². The van der Waals surface area contributed by atoms with Gasteiger partial charge in [0.15, 0.2) is 0 Å². The highest BCUT2D eigenvalue weighted by atomic mass is 16.5. The molecule has 0 fully saturated rings. The molecule has 0 atom stereocenters. The highest BCUT2D eigenvalue weighted by molar-refractivity contribution is 5.94. The topological polar surface area (TPSA) is 56.2 Å². The minimum Gasteiger partial charge on any atom is -0.491 e. The summed E-state index contributed by atoms with van der Waals surface area (Å²) in [6.07, 6.45) is 0. The minimum absolute atomic E-state index is 0.115. The van der Waals surface area contributed by atoms with Gasteiger partial charge >= 0.3 is 0 Å². The second-order valence-electron chi connectivity index (χ2n) is 7.54. The van der Waals surface area contributed by atoms with E-state index in [0.717, 1.165) is 33.4 Å². The summed E-state index contributed by atoms with van der Waals surface area (Å²) in [5.74, 6) is 1.56. The molecule has 0 radical (unpaired) electrons. The third kappa shape index (κ3) is 4.05. The normalized spacial score (nSPS) is 11.0. The van der Waals surface area contributed by atoms with Crippen LogP contribution in [-0.4, -0.2) is 22.1 Å². The van der Waals surface area contributed by atoms with Crippen LogP contribution in [0.15, 0.2) is 97.1 Å². The maximum Gasteiger partial charge on any atom is 0.251 e. The van der Waals surface area contributed by atoms with Crippen LogP contribution in [-0.2, 0) is 13.1 Å². The summed E-state index contributed by atoms with van der Waals surface area (Å²) in [5.41, 5.74) is 2.56. The van der Waals surface area contributed by atoms with Crippen molar-refractivity contribution in [3.63, 3.8) is 0 Å². The van der Waals surface area contributed by atoms with E-state index in [0.29, 0.717) is 25.3 Å². The number of carbonyl (C=O) groups is 1. The number of hydrogen-bond donors (Lipinski definition) is 1. The first-order valence-electron chi connectivity index (χ1n) is 10.7. The molecule has 0 unspecified atom stereocenters. The zero-order valence-corrected chi connectivity index (χ0v) is 17.6. The summed E-state index contributed by atoms with van der Waals surface area (Å²) in [6, 6.07) is 31.5. The quantitative estimate of drug-likeness (QED) is 0.393. The molecule has 0 aliphatic carbocycles. The van der Waals surface area contributed by atoms with Gasteiger partial charge in [-0.15, -0.1) is 0 Å². The van der Waals surface area contributed by atoms with Crippen LogP contribution in [0.2, 0.25) is 0 Å². The largest absolute Gasteiger partial charge is 0.491 e. The fourth-order valence-corrected chi connectivity index (χ4v) is 3.93. The molecule has 1 N–H and O–H groups in total.